The Morgan fingerprint density at radius 1 is 1.46 bits per heavy atom. The number of H-pyrrole nitrogens is 1. The van der Waals surface area contributed by atoms with Crippen molar-refractivity contribution < 1.29 is 14.3 Å². The van der Waals surface area contributed by atoms with Gasteiger partial charge in [-0.2, -0.15) is 5.10 Å². The van der Waals surface area contributed by atoms with E-state index in [2.05, 4.69) is 22.1 Å². The van der Waals surface area contributed by atoms with Crippen LogP contribution in [-0.4, -0.2) is 58.4 Å². The van der Waals surface area contributed by atoms with E-state index >= 15 is 0 Å². The van der Waals surface area contributed by atoms with Crippen molar-refractivity contribution in [2.75, 3.05) is 26.3 Å². The van der Waals surface area contributed by atoms with Crippen LogP contribution < -0.4 is 0 Å². The second kappa shape index (κ2) is 8.07. The molecule has 2 fully saturated rings. The van der Waals surface area contributed by atoms with Gasteiger partial charge in [-0.15, -0.1) is 0 Å². The molecule has 0 spiro atoms. The fourth-order valence-corrected chi connectivity index (χ4v) is 3.45. The molecule has 0 radical (unpaired) electrons. The highest BCUT2D eigenvalue weighted by Gasteiger charge is 2.29. The predicted octanol–water partition coefficient (Wildman–Crippen LogP) is 1.86. The maximum atomic E-state index is 12.5. The minimum atomic E-state index is -0.256. The first-order valence-electron chi connectivity index (χ1n) is 9.07. The molecule has 1 saturated carbocycles. The van der Waals surface area contributed by atoms with Gasteiger partial charge in [-0.3, -0.25) is 9.89 Å². The topological polar surface area (TPSA) is 80.3 Å². The average Bonchev–Trinajstić information content (AvgIpc) is 3.09. The Kier molecular flexibility index (Phi) is 5.84. The summed E-state index contributed by atoms with van der Waals surface area (Å²) < 4.78 is 11.6. The summed E-state index contributed by atoms with van der Waals surface area (Å²) in [6.45, 7) is 6.04. The van der Waals surface area contributed by atoms with Gasteiger partial charge in [0.15, 0.2) is 5.82 Å². The van der Waals surface area contributed by atoms with Crippen molar-refractivity contribution >= 4 is 5.91 Å². The number of carbonyl (C=O) groups excluding carboxylic acids is 1. The number of nitrogens with zero attached hydrogens (tertiary/aromatic N) is 3. The molecule has 24 heavy (non-hydrogen) atoms. The molecule has 0 bridgehead atoms. The number of ether oxygens (including phenoxy) is 2. The third-order valence-electron chi connectivity index (χ3n) is 4.92. The first kappa shape index (κ1) is 17.4. The minimum Gasteiger partial charge on any atom is -0.368 e. The standard InChI is InChI=1S/C17H28N4O3/c1-3-15-18-17(20-19-15)14-10-21(7-8-23-14)16(22)11-24-13-6-4-5-12(2)9-13/h12-14H,3-11H2,1-2H3,(H,18,19,20). The lowest BCUT2D eigenvalue weighted by Crippen LogP contribution is -2.44. The summed E-state index contributed by atoms with van der Waals surface area (Å²) in [6, 6.07) is 0. The quantitative estimate of drug-likeness (QED) is 0.888. The molecule has 2 heterocycles. The van der Waals surface area contributed by atoms with Crippen molar-refractivity contribution in [2.24, 2.45) is 5.92 Å². The Morgan fingerprint density at radius 2 is 2.33 bits per heavy atom. The van der Waals surface area contributed by atoms with Gasteiger partial charge in [0.25, 0.3) is 0 Å². The van der Waals surface area contributed by atoms with Crippen LogP contribution in [0.25, 0.3) is 0 Å². The summed E-state index contributed by atoms with van der Waals surface area (Å²) in [6.07, 6.45) is 5.38. The third kappa shape index (κ3) is 4.33. The number of aromatic nitrogens is 3. The zero-order valence-corrected chi connectivity index (χ0v) is 14.7. The number of aromatic amines is 1. The van der Waals surface area contributed by atoms with E-state index in [0.29, 0.717) is 31.4 Å². The molecule has 1 saturated heterocycles. The monoisotopic (exact) mass is 336 g/mol. The van der Waals surface area contributed by atoms with Crippen LogP contribution in [0.3, 0.4) is 0 Å². The lowest BCUT2D eigenvalue weighted by Gasteiger charge is -2.32. The van der Waals surface area contributed by atoms with E-state index in [9.17, 15) is 4.79 Å². The van der Waals surface area contributed by atoms with Gasteiger partial charge in [-0.05, 0) is 18.8 Å². The van der Waals surface area contributed by atoms with Crippen molar-refractivity contribution in [3.8, 4) is 0 Å². The highest BCUT2D eigenvalue weighted by molar-refractivity contribution is 5.77. The van der Waals surface area contributed by atoms with E-state index in [1.54, 1.807) is 0 Å². The number of amides is 1. The van der Waals surface area contributed by atoms with Gasteiger partial charge < -0.3 is 14.4 Å². The van der Waals surface area contributed by atoms with Gasteiger partial charge in [-0.1, -0.05) is 26.7 Å². The average molecular weight is 336 g/mol. The van der Waals surface area contributed by atoms with E-state index in [0.717, 1.165) is 25.1 Å². The second-order valence-corrected chi connectivity index (χ2v) is 6.90. The zero-order valence-electron chi connectivity index (χ0n) is 14.7. The summed E-state index contributed by atoms with van der Waals surface area (Å²) in [4.78, 5) is 18.7. The molecule has 7 heteroatoms. The number of carbonyl (C=O) groups is 1. The van der Waals surface area contributed by atoms with Crippen LogP contribution in [0, 0.1) is 5.92 Å². The first-order chi connectivity index (χ1) is 11.7. The fourth-order valence-electron chi connectivity index (χ4n) is 3.45. The number of morpholine rings is 1. The van der Waals surface area contributed by atoms with Crippen molar-refractivity contribution in [3.63, 3.8) is 0 Å². The molecule has 3 unspecified atom stereocenters. The number of aryl methyl sites for hydroxylation is 1. The molecular weight excluding hydrogens is 308 g/mol. The first-order valence-corrected chi connectivity index (χ1v) is 9.07. The third-order valence-corrected chi connectivity index (χ3v) is 4.92. The summed E-state index contributed by atoms with van der Waals surface area (Å²) in [5.74, 6) is 2.20. The predicted molar refractivity (Wildman–Crippen MR) is 88.4 cm³/mol. The van der Waals surface area contributed by atoms with Gasteiger partial charge in [0.05, 0.1) is 19.3 Å². The molecule has 2 aliphatic rings. The summed E-state index contributed by atoms with van der Waals surface area (Å²) >= 11 is 0. The Balaban J connectivity index is 1.49. The van der Waals surface area contributed by atoms with Crippen LogP contribution in [0.4, 0.5) is 0 Å². The number of hydrogen-bond acceptors (Lipinski definition) is 5. The van der Waals surface area contributed by atoms with Gasteiger partial charge in [0.1, 0.15) is 18.5 Å². The number of nitrogens with one attached hydrogen (secondary N) is 1. The second-order valence-electron chi connectivity index (χ2n) is 6.90. The van der Waals surface area contributed by atoms with Crippen molar-refractivity contribution in [1.82, 2.24) is 20.1 Å². The molecule has 1 N–H and O–H groups in total. The molecule has 1 amide bonds. The zero-order chi connectivity index (χ0) is 16.9. The molecule has 1 aromatic heterocycles. The molecule has 134 valence electrons. The Hall–Kier alpha value is -1.47. The lowest BCUT2D eigenvalue weighted by molar-refractivity contribution is -0.147. The van der Waals surface area contributed by atoms with Gasteiger partial charge in [0.2, 0.25) is 5.91 Å². The Morgan fingerprint density at radius 3 is 3.08 bits per heavy atom. The van der Waals surface area contributed by atoms with Crippen molar-refractivity contribution in [1.29, 1.82) is 0 Å². The smallest absolute Gasteiger partial charge is 0.248 e. The maximum Gasteiger partial charge on any atom is 0.248 e. The normalized spacial score (nSPS) is 28.1. The SMILES string of the molecule is CCc1nc(C2CN(C(=O)COC3CCCC(C)C3)CCO2)n[nH]1. The molecule has 3 atom stereocenters. The summed E-state index contributed by atoms with van der Waals surface area (Å²) in [7, 11) is 0. The minimum absolute atomic E-state index is 0.0350. The highest BCUT2D eigenvalue weighted by Crippen LogP contribution is 2.26. The number of hydrogen-bond donors (Lipinski definition) is 1. The highest BCUT2D eigenvalue weighted by atomic mass is 16.5. The van der Waals surface area contributed by atoms with E-state index in [1.165, 1.54) is 12.8 Å². The van der Waals surface area contributed by atoms with Crippen LogP contribution >= 0.6 is 0 Å². The van der Waals surface area contributed by atoms with Crippen molar-refractivity contribution in [3.05, 3.63) is 11.6 Å². The molecule has 7 nitrogen and oxygen atoms in total. The van der Waals surface area contributed by atoms with E-state index in [-0.39, 0.29) is 24.7 Å². The molecule has 1 aliphatic heterocycles. The molecule has 0 aromatic carbocycles. The molecule has 3 rings (SSSR count). The summed E-state index contributed by atoms with van der Waals surface area (Å²) in [5, 5.41) is 7.10. The van der Waals surface area contributed by atoms with E-state index in [1.807, 2.05) is 11.8 Å². The van der Waals surface area contributed by atoms with E-state index in [4.69, 9.17) is 9.47 Å². The van der Waals surface area contributed by atoms with Crippen LogP contribution in [0.2, 0.25) is 0 Å². The Bertz CT molecular complexity index is 548. The summed E-state index contributed by atoms with van der Waals surface area (Å²) in [5.41, 5.74) is 0. The van der Waals surface area contributed by atoms with Crippen LogP contribution in [0.15, 0.2) is 0 Å². The van der Waals surface area contributed by atoms with Crippen molar-refractivity contribution in [2.45, 2.75) is 58.2 Å². The maximum absolute atomic E-state index is 12.5. The largest absolute Gasteiger partial charge is 0.368 e. The molecule has 1 aromatic rings. The fraction of sp³-hybridized carbons (Fsp3) is 0.824. The van der Waals surface area contributed by atoms with Crippen LogP contribution in [0.5, 0.6) is 0 Å². The van der Waals surface area contributed by atoms with Gasteiger partial charge in [0, 0.05) is 13.0 Å². The molecular formula is C17H28N4O3. The van der Waals surface area contributed by atoms with Crippen LogP contribution in [0.1, 0.15) is 57.3 Å². The van der Waals surface area contributed by atoms with Gasteiger partial charge in [-0.25, -0.2) is 4.98 Å². The lowest BCUT2D eigenvalue weighted by atomic mass is 9.89. The van der Waals surface area contributed by atoms with Crippen LogP contribution in [-0.2, 0) is 20.7 Å². The van der Waals surface area contributed by atoms with E-state index < -0.39 is 0 Å². The molecule has 1 aliphatic carbocycles. The Labute approximate surface area is 143 Å². The number of rotatable bonds is 5. The van der Waals surface area contributed by atoms with Gasteiger partial charge >= 0.3 is 0 Å².